The third kappa shape index (κ3) is 4.40. The summed E-state index contributed by atoms with van der Waals surface area (Å²) in [5, 5.41) is 5.17. The lowest BCUT2D eigenvalue weighted by atomic mass is 9.63. The Bertz CT molecular complexity index is 1930. The molecule has 0 heterocycles. The molecule has 6 aromatic rings. The van der Waals surface area contributed by atoms with E-state index < -0.39 is 0 Å². The van der Waals surface area contributed by atoms with E-state index in [0.717, 1.165) is 0 Å². The molecule has 1 heteroatoms. The Morgan fingerprint density at radius 3 is 1.76 bits per heavy atom. The second kappa shape index (κ2) is 9.88. The van der Waals surface area contributed by atoms with Gasteiger partial charge in [-0.3, -0.25) is 0 Å². The molecule has 1 aliphatic carbocycles. The van der Waals surface area contributed by atoms with Crippen LogP contribution >= 0.6 is 0 Å². The van der Waals surface area contributed by atoms with Gasteiger partial charge in [-0.1, -0.05) is 113 Å². The first-order chi connectivity index (χ1) is 20.2. The highest BCUT2D eigenvalue weighted by molar-refractivity contribution is 6.13. The van der Waals surface area contributed by atoms with E-state index in [1.807, 2.05) is 0 Å². The summed E-state index contributed by atoms with van der Waals surface area (Å²) in [5.74, 6) is 0. The molecule has 0 N–H and O–H groups in total. The quantitative estimate of drug-likeness (QED) is 0.199. The Labute approximate surface area is 250 Å². The van der Waals surface area contributed by atoms with Crippen molar-refractivity contribution < 1.29 is 0 Å². The summed E-state index contributed by atoms with van der Waals surface area (Å²) < 4.78 is 0. The number of rotatable bonds is 4. The van der Waals surface area contributed by atoms with Crippen LogP contribution in [0, 0.1) is 6.92 Å². The van der Waals surface area contributed by atoms with E-state index in [1.165, 1.54) is 79.3 Å². The molecule has 0 fully saturated rings. The molecule has 0 radical (unpaired) electrons. The highest BCUT2D eigenvalue weighted by Gasteiger charge is 2.38. The average Bonchev–Trinajstić information content (AvgIpc) is 3.01. The molecule has 208 valence electrons. The van der Waals surface area contributed by atoms with E-state index in [2.05, 4.69) is 161 Å². The molecule has 7 rings (SSSR count). The zero-order valence-corrected chi connectivity index (χ0v) is 25.4. The Morgan fingerprint density at radius 1 is 0.524 bits per heavy atom. The molecule has 42 heavy (non-hydrogen) atoms. The van der Waals surface area contributed by atoms with Crippen molar-refractivity contribution in [3.8, 4) is 11.1 Å². The summed E-state index contributed by atoms with van der Waals surface area (Å²) in [7, 11) is 0. The molecule has 0 aliphatic heterocycles. The topological polar surface area (TPSA) is 3.24 Å². The van der Waals surface area contributed by atoms with Crippen molar-refractivity contribution in [1.29, 1.82) is 0 Å². The Balaban J connectivity index is 1.38. The first-order valence-electron chi connectivity index (χ1n) is 15.2. The standard InChI is InChI=1S/C41H39N/c1-28-25-37-38(41(4,5)24-23-40(37,2)3)27-39(28)42(31-14-7-6-8-15-31)32-21-19-29(20-22-32)36-26-30-13-9-10-16-33(30)34-17-11-12-18-35(34)36/h6-22,25-27H,23-24H2,1-5H3. The van der Waals surface area contributed by atoms with Crippen molar-refractivity contribution >= 4 is 38.6 Å². The third-order valence-corrected chi connectivity index (χ3v) is 9.63. The molecule has 0 saturated heterocycles. The minimum Gasteiger partial charge on any atom is -0.310 e. The minimum atomic E-state index is 0.149. The molecule has 1 nitrogen and oxygen atoms in total. The van der Waals surface area contributed by atoms with Crippen molar-refractivity contribution in [2.75, 3.05) is 4.90 Å². The maximum atomic E-state index is 2.49. The SMILES string of the molecule is Cc1cc2c(cc1N(c1ccccc1)c1ccc(-c3cc4ccccc4c4ccccc34)cc1)C(C)(C)CCC2(C)C. The van der Waals surface area contributed by atoms with Crippen LogP contribution in [0.5, 0.6) is 0 Å². The van der Waals surface area contributed by atoms with Crippen LogP contribution in [0.3, 0.4) is 0 Å². The van der Waals surface area contributed by atoms with Crippen LogP contribution in [-0.4, -0.2) is 0 Å². The van der Waals surface area contributed by atoms with Crippen LogP contribution in [0.25, 0.3) is 32.7 Å². The molecule has 0 spiro atoms. The van der Waals surface area contributed by atoms with Gasteiger partial charge >= 0.3 is 0 Å². The summed E-state index contributed by atoms with van der Waals surface area (Å²) >= 11 is 0. The summed E-state index contributed by atoms with van der Waals surface area (Å²) in [6.07, 6.45) is 2.42. The molecular formula is C41H39N. The van der Waals surface area contributed by atoms with Gasteiger partial charge in [-0.25, -0.2) is 0 Å². The first kappa shape index (κ1) is 26.5. The van der Waals surface area contributed by atoms with Crippen LogP contribution < -0.4 is 4.90 Å². The van der Waals surface area contributed by atoms with E-state index >= 15 is 0 Å². The number of anilines is 3. The fourth-order valence-electron chi connectivity index (χ4n) is 7.04. The maximum absolute atomic E-state index is 2.49. The second-order valence-corrected chi connectivity index (χ2v) is 13.4. The Morgan fingerprint density at radius 2 is 1.07 bits per heavy atom. The predicted molar refractivity (Wildman–Crippen MR) is 182 cm³/mol. The second-order valence-electron chi connectivity index (χ2n) is 13.4. The van der Waals surface area contributed by atoms with Gasteiger partial charge in [0.2, 0.25) is 0 Å². The summed E-state index contributed by atoms with van der Waals surface area (Å²) in [4.78, 5) is 2.44. The molecular weight excluding hydrogens is 506 g/mol. The first-order valence-corrected chi connectivity index (χ1v) is 15.2. The van der Waals surface area contributed by atoms with E-state index in [0.29, 0.717) is 0 Å². The van der Waals surface area contributed by atoms with Gasteiger partial charge in [-0.15, -0.1) is 0 Å². The molecule has 0 aromatic heterocycles. The van der Waals surface area contributed by atoms with E-state index in [-0.39, 0.29) is 10.8 Å². The molecule has 0 atom stereocenters. The summed E-state index contributed by atoms with van der Waals surface area (Å²) in [6, 6.07) is 44.8. The van der Waals surface area contributed by atoms with Crippen molar-refractivity contribution in [1.82, 2.24) is 0 Å². The minimum absolute atomic E-state index is 0.149. The molecule has 0 saturated carbocycles. The van der Waals surface area contributed by atoms with Gasteiger partial charge in [0.25, 0.3) is 0 Å². The lowest BCUT2D eigenvalue weighted by Gasteiger charge is -2.43. The van der Waals surface area contributed by atoms with Gasteiger partial charge in [-0.05, 0) is 116 Å². The summed E-state index contributed by atoms with van der Waals surface area (Å²) in [5.41, 5.74) is 10.8. The van der Waals surface area contributed by atoms with E-state index in [4.69, 9.17) is 0 Å². The van der Waals surface area contributed by atoms with Crippen molar-refractivity contribution in [3.63, 3.8) is 0 Å². The summed E-state index contributed by atoms with van der Waals surface area (Å²) in [6.45, 7) is 11.9. The van der Waals surface area contributed by atoms with Crippen LogP contribution in [0.1, 0.15) is 57.2 Å². The maximum Gasteiger partial charge on any atom is 0.0493 e. The fraction of sp³-hybridized carbons (Fsp3) is 0.220. The van der Waals surface area contributed by atoms with Crippen molar-refractivity contribution in [2.45, 2.75) is 58.3 Å². The van der Waals surface area contributed by atoms with Crippen LogP contribution in [0.2, 0.25) is 0 Å². The molecule has 0 bridgehead atoms. The van der Waals surface area contributed by atoms with Gasteiger partial charge < -0.3 is 4.90 Å². The van der Waals surface area contributed by atoms with Crippen LogP contribution in [0.15, 0.2) is 121 Å². The Kier molecular flexibility index (Phi) is 6.24. The number of hydrogen-bond acceptors (Lipinski definition) is 1. The molecule has 0 unspecified atom stereocenters. The van der Waals surface area contributed by atoms with Gasteiger partial charge in [-0.2, -0.15) is 0 Å². The number of nitrogens with zero attached hydrogens (tertiary/aromatic N) is 1. The molecule has 1 aliphatic rings. The molecule has 0 amide bonds. The Hall–Kier alpha value is -4.36. The smallest absolute Gasteiger partial charge is 0.0493 e. The van der Waals surface area contributed by atoms with Crippen LogP contribution in [0.4, 0.5) is 17.1 Å². The van der Waals surface area contributed by atoms with Crippen LogP contribution in [-0.2, 0) is 10.8 Å². The highest BCUT2D eigenvalue weighted by Crippen LogP contribution is 2.49. The van der Waals surface area contributed by atoms with E-state index in [9.17, 15) is 0 Å². The number of hydrogen-bond donors (Lipinski definition) is 0. The number of para-hydroxylation sites is 1. The predicted octanol–water partition coefficient (Wildman–Crippen LogP) is 11.8. The van der Waals surface area contributed by atoms with Gasteiger partial charge in [0.1, 0.15) is 0 Å². The molecule has 6 aromatic carbocycles. The monoisotopic (exact) mass is 545 g/mol. The number of benzene rings is 6. The van der Waals surface area contributed by atoms with Crippen molar-refractivity contribution in [3.05, 3.63) is 138 Å². The van der Waals surface area contributed by atoms with Gasteiger partial charge in [0.15, 0.2) is 0 Å². The fourth-order valence-corrected chi connectivity index (χ4v) is 7.04. The lowest BCUT2D eigenvalue weighted by molar-refractivity contribution is 0.332. The normalized spacial score (nSPS) is 15.5. The van der Waals surface area contributed by atoms with Gasteiger partial charge in [0.05, 0.1) is 0 Å². The number of aryl methyl sites for hydroxylation is 1. The zero-order chi connectivity index (χ0) is 29.1. The third-order valence-electron chi connectivity index (χ3n) is 9.63. The van der Waals surface area contributed by atoms with Crippen molar-refractivity contribution in [2.24, 2.45) is 0 Å². The lowest BCUT2D eigenvalue weighted by Crippen LogP contribution is -2.34. The highest BCUT2D eigenvalue weighted by atomic mass is 15.1. The number of fused-ring (bicyclic) bond motifs is 4. The van der Waals surface area contributed by atoms with Gasteiger partial charge in [0, 0.05) is 17.1 Å². The average molecular weight is 546 g/mol. The zero-order valence-electron chi connectivity index (χ0n) is 25.4. The largest absolute Gasteiger partial charge is 0.310 e. The van der Waals surface area contributed by atoms with E-state index in [1.54, 1.807) is 0 Å².